The Bertz CT molecular complexity index is 998. The monoisotopic (exact) mass is 418 g/mol. The number of likely N-dealkylation sites (tertiary alicyclic amines) is 1. The van der Waals surface area contributed by atoms with Gasteiger partial charge in [0.25, 0.3) is 0 Å². The van der Waals surface area contributed by atoms with Crippen LogP contribution in [-0.4, -0.2) is 56.0 Å². The Morgan fingerprint density at radius 2 is 1.84 bits per heavy atom. The molecular formula is C24H30N6O. The Labute approximate surface area is 183 Å². The minimum atomic E-state index is 0.0718. The van der Waals surface area contributed by atoms with E-state index in [4.69, 9.17) is 4.98 Å². The second kappa shape index (κ2) is 9.16. The molecule has 3 aromatic rings. The van der Waals surface area contributed by atoms with Crippen LogP contribution < -0.4 is 4.90 Å². The van der Waals surface area contributed by atoms with Gasteiger partial charge in [0.1, 0.15) is 0 Å². The van der Waals surface area contributed by atoms with Gasteiger partial charge in [0, 0.05) is 31.4 Å². The number of nitrogens with zero attached hydrogens (tertiary/aromatic N) is 6. The molecule has 0 saturated carbocycles. The highest BCUT2D eigenvalue weighted by Crippen LogP contribution is 2.38. The van der Waals surface area contributed by atoms with Gasteiger partial charge in [0.2, 0.25) is 5.95 Å². The molecule has 7 nitrogen and oxygen atoms in total. The number of aliphatic hydroxyl groups excluding tert-OH is 1. The Morgan fingerprint density at radius 3 is 2.65 bits per heavy atom. The fraction of sp³-hybridized carbons (Fsp3) is 0.458. The van der Waals surface area contributed by atoms with Gasteiger partial charge >= 0.3 is 0 Å². The summed E-state index contributed by atoms with van der Waals surface area (Å²) < 4.78 is 1.97. The van der Waals surface area contributed by atoms with Crippen molar-refractivity contribution in [2.45, 2.75) is 44.8 Å². The first-order valence-corrected chi connectivity index (χ1v) is 11.4. The minimum Gasteiger partial charge on any atom is -0.394 e. The Balaban J connectivity index is 1.49. The molecule has 4 heterocycles. The van der Waals surface area contributed by atoms with Gasteiger partial charge in [-0.3, -0.25) is 9.58 Å². The van der Waals surface area contributed by atoms with E-state index in [2.05, 4.69) is 50.2 Å². The average Bonchev–Trinajstić information content (AvgIpc) is 3.56. The van der Waals surface area contributed by atoms with Crippen LogP contribution in [0.15, 0.2) is 48.8 Å². The van der Waals surface area contributed by atoms with Crippen LogP contribution in [0.4, 0.5) is 5.95 Å². The summed E-state index contributed by atoms with van der Waals surface area (Å²) in [7, 11) is 0. The molecule has 2 aliphatic rings. The van der Waals surface area contributed by atoms with Gasteiger partial charge in [0.05, 0.1) is 36.8 Å². The summed E-state index contributed by atoms with van der Waals surface area (Å²) in [6.07, 6.45) is 8.41. The molecule has 0 amide bonds. The maximum absolute atomic E-state index is 9.65. The molecule has 0 spiro atoms. The van der Waals surface area contributed by atoms with Gasteiger partial charge in [-0.25, -0.2) is 9.97 Å². The van der Waals surface area contributed by atoms with Crippen molar-refractivity contribution in [3.05, 3.63) is 60.0 Å². The molecule has 0 aliphatic carbocycles. The lowest BCUT2D eigenvalue weighted by Gasteiger charge is -2.26. The summed E-state index contributed by atoms with van der Waals surface area (Å²) in [5, 5.41) is 14.3. The summed E-state index contributed by atoms with van der Waals surface area (Å²) in [5.74, 6) is 0.809. The van der Waals surface area contributed by atoms with Gasteiger partial charge in [-0.15, -0.1) is 0 Å². The van der Waals surface area contributed by atoms with Gasteiger partial charge in [0.15, 0.2) is 0 Å². The Hall–Kier alpha value is -2.77. The van der Waals surface area contributed by atoms with Gasteiger partial charge in [-0.05, 0) is 43.9 Å². The summed E-state index contributed by atoms with van der Waals surface area (Å²) >= 11 is 0. The van der Waals surface area contributed by atoms with Crippen LogP contribution in [0.5, 0.6) is 0 Å². The standard InChI is InChI=1S/C24H30N6O/c31-16-15-30-23(22-9-6-14-29(22)18-19-7-2-1-3-8-19)20(17-26-30)21-10-11-25-24(27-21)28-12-4-5-13-28/h1-3,7-8,10-11,17,22,31H,4-6,9,12-16,18H2/t22-/m0/s1. The smallest absolute Gasteiger partial charge is 0.225 e. The van der Waals surface area contributed by atoms with E-state index in [1.807, 2.05) is 23.1 Å². The molecule has 0 radical (unpaired) electrons. The molecule has 162 valence electrons. The lowest BCUT2D eigenvalue weighted by Crippen LogP contribution is -2.26. The summed E-state index contributed by atoms with van der Waals surface area (Å²) in [6.45, 7) is 4.59. The lowest BCUT2D eigenvalue weighted by molar-refractivity contribution is 0.226. The van der Waals surface area contributed by atoms with Crippen molar-refractivity contribution in [3.63, 3.8) is 0 Å². The molecule has 31 heavy (non-hydrogen) atoms. The molecule has 1 N–H and O–H groups in total. The minimum absolute atomic E-state index is 0.0718. The van der Waals surface area contributed by atoms with Crippen LogP contribution in [0.25, 0.3) is 11.3 Å². The van der Waals surface area contributed by atoms with Crippen LogP contribution >= 0.6 is 0 Å². The predicted molar refractivity (Wildman–Crippen MR) is 121 cm³/mol. The molecular weight excluding hydrogens is 388 g/mol. The fourth-order valence-corrected chi connectivity index (χ4v) is 4.93. The van der Waals surface area contributed by atoms with E-state index in [0.29, 0.717) is 6.54 Å². The summed E-state index contributed by atoms with van der Waals surface area (Å²) in [6, 6.07) is 12.9. The molecule has 0 bridgehead atoms. The van der Waals surface area contributed by atoms with Crippen LogP contribution in [0.1, 0.15) is 43.0 Å². The number of benzene rings is 1. The zero-order chi connectivity index (χ0) is 21.0. The second-order valence-corrected chi connectivity index (χ2v) is 8.44. The van der Waals surface area contributed by atoms with E-state index in [0.717, 1.165) is 61.9 Å². The van der Waals surface area contributed by atoms with E-state index in [9.17, 15) is 5.11 Å². The maximum Gasteiger partial charge on any atom is 0.225 e. The zero-order valence-corrected chi connectivity index (χ0v) is 17.9. The third kappa shape index (κ3) is 4.20. The number of aromatic nitrogens is 4. The molecule has 2 fully saturated rings. The van der Waals surface area contributed by atoms with Crippen molar-refractivity contribution in [1.82, 2.24) is 24.6 Å². The first kappa shape index (κ1) is 20.2. The van der Waals surface area contributed by atoms with Gasteiger partial charge < -0.3 is 10.0 Å². The molecule has 5 rings (SSSR count). The van der Waals surface area contributed by atoms with Crippen molar-refractivity contribution < 1.29 is 5.11 Å². The molecule has 2 aromatic heterocycles. The topological polar surface area (TPSA) is 70.3 Å². The largest absolute Gasteiger partial charge is 0.394 e. The molecule has 1 aromatic carbocycles. The van der Waals surface area contributed by atoms with Crippen LogP contribution in [0.2, 0.25) is 0 Å². The lowest BCUT2D eigenvalue weighted by atomic mass is 10.0. The number of rotatable bonds is 7. The van der Waals surface area contributed by atoms with E-state index >= 15 is 0 Å². The Kier molecular flexibility index (Phi) is 5.95. The van der Waals surface area contributed by atoms with Gasteiger partial charge in [-0.2, -0.15) is 5.10 Å². The van der Waals surface area contributed by atoms with Crippen molar-refractivity contribution in [2.24, 2.45) is 0 Å². The van der Waals surface area contributed by atoms with Crippen molar-refractivity contribution in [3.8, 4) is 11.3 Å². The second-order valence-electron chi connectivity index (χ2n) is 8.44. The quantitative estimate of drug-likeness (QED) is 0.635. The SMILES string of the molecule is OCCn1ncc(-c2ccnc(N3CCCC3)n2)c1[C@@H]1CCCN1Cc1ccccc1. The van der Waals surface area contributed by atoms with Gasteiger partial charge in [-0.1, -0.05) is 30.3 Å². The number of anilines is 1. The van der Waals surface area contributed by atoms with E-state index in [-0.39, 0.29) is 12.6 Å². The van der Waals surface area contributed by atoms with E-state index < -0.39 is 0 Å². The van der Waals surface area contributed by atoms with Crippen LogP contribution in [0, 0.1) is 0 Å². The number of hydrogen-bond acceptors (Lipinski definition) is 6. The molecule has 2 saturated heterocycles. The van der Waals surface area contributed by atoms with Crippen molar-refractivity contribution in [2.75, 3.05) is 31.1 Å². The molecule has 0 unspecified atom stereocenters. The van der Waals surface area contributed by atoms with Crippen LogP contribution in [0.3, 0.4) is 0 Å². The highest BCUT2D eigenvalue weighted by atomic mass is 16.3. The summed E-state index contributed by atoms with van der Waals surface area (Å²) in [4.78, 5) is 14.2. The molecule has 2 aliphatic heterocycles. The van der Waals surface area contributed by atoms with E-state index in [1.54, 1.807) is 0 Å². The first-order valence-electron chi connectivity index (χ1n) is 11.4. The normalized spacial score (nSPS) is 19.4. The first-order chi connectivity index (χ1) is 15.3. The number of aliphatic hydroxyl groups is 1. The Morgan fingerprint density at radius 1 is 1.00 bits per heavy atom. The highest BCUT2D eigenvalue weighted by molar-refractivity contribution is 5.63. The van der Waals surface area contributed by atoms with Crippen molar-refractivity contribution in [1.29, 1.82) is 0 Å². The average molecular weight is 419 g/mol. The highest BCUT2D eigenvalue weighted by Gasteiger charge is 2.32. The van der Waals surface area contributed by atoms with Crippen LogP contribution in [-0.2, 0) is 13.1 Å². The third-order valence-corrected chi connectivity index (χ3v) is 6.41. The third-order valence-electron chi connectivity index (χ3n) is 6.41. The van der Waals surface area contributed by atoms with E-state index in [1.165, 1.54) is 18.4 Å². The number of hydrogen-bond donors (Lipinski definition) is 1. The van der Waals surface area contributed by atoms with Crippen molar-refractivity contribution >= 4 is 5.95 Å². The molecule has 7 heteroatoms. The predicted octanol–water partition coefficient (Wildman–Crippen LogP) is 3.27. The summed E-state index contributed by atoms with van der Waals surface area (Å²) in [5.41, 5.74) is 4.46. The zero-order valence-electron chi connectivity index (χ0n) is 17.9. The molecule has 1 atom stereocenters. The fourth-order valence-electron chi connectivity index (χ4n) is 4.93. The maximum atomic E-state index is 9.65.